The second-order valence-corrected chi connectivity index (χ2v) is 10.2. The largest absolute Gasteiger partial charge is 0.493 e. The van der Waals surface area contributed by atoms with E-state index >= 15 is 0 Å². The number of primary sulfonamides is 1. The number of nitrogens with zero attached hydrogens (tertiary/aromatic N) is 3. The van der Waals surface area contributed by atoms with Crippen LogP contribution in [-0.2, 0) is 22.4 Å². The number of nitrogens with two attached hydrogens (primary N) is 1. The van der Waals surface area contributed by atoms with E-state index in [1.807, 2.05) is 0 Å². The first-order valence-electron chi connectivity index (χ1n) is 10.2. The van der Waals surface area contributed by atoms with Crippen LogP contribution in [0.15, 0.2) is 18.2 Å². The molecule has 0 saturated carbocycles. The molecule has 1 aromatic heterocycles. The molecular weight excluding hydrogens is 471 g/mol. The van der Waals surface area contributed by atoms with Crippen molar-refractivity contribution in [3.8, 4) is 17.0 Å². The first kappa shape index (κ1) is 22.3. The van der Waals surface area contributed by atoms with Gasteiger partial charge < -0.3 is 9.64 Å². The van der Waals surface area contributed by atoms with Gasteiger partial charge in [-0.1, -0.05) is 12.1 Å². The number of benzene rings is 1. The Morgan fingerprint density at radius 1 is 1.24 bits per heavy atom. The highest BCUT2D eigenvalue weighted by atomic mass is 32.2. The van der Waals surface area contributed by atoms with Crippen LogP contribution in [0.2, 0.25) is 0 Å². The van der Waals surface area contributed by atoms with Crippen molar-refractivity contribution in [2.45, 2.75) is 43.3 Å². The van der Waals surface area contributed by atoms with Crippen LogP contribution in [0.4, 0.5) is 27.9 Å². The third-order valence-corrected chi connectivity index (χ3v) is 7.15. The third kappa shape index (κ3) is 3.90. The van der Waals surface area contributed by atoms with Crippen LogP contribution in [0.3, 0.4) is 0 Å². The summed E-state index contributed by atoms with van der Waals surface area (Å²) in [5.74, 6) is -4.08. The van der Waals surface area contributed by atoms with Crippen molar-refractivity contribution < 1.29 is 35.1 Å². The Hall–Kier alpha value is -2.54. The highest BCUT2D eigenvalue weighted by Crippen LogP contribution is 2.47. The number of sulfonamides is 1. The average molecular weight is 490 g/mol. The molecule has 5 rings (SSSR count). The van der Waals surface area contributed by atoms with Crippen molar-refractivity contribution >= 4 is 16.0 Å². The number of anilines is 1. The maximum atomic E-state index is 14.5. The quantitative estimate of drug-likeness (QED) is 0.662. The van der Waals surface area contributed by atoms with Gasteiger partial charge in [0, 0.05) is 35.6 Å². The van der Waals surface area contributed by atoms with E-state index in [1.165, 1.54) is 0 Å². The lowest BCUT2D eigenvalue weighted by molar-refractivity contribution is -0.160. The Bertz CT molecular complexity index is 1230. The summed E-state index contributed by atoms with van der Waals surface area (Å²) in [6, 6.07) is 2.90. The van der Waals surface area contributed by atoms with E-state index in [9.17, 15) is 30.4 Å². The molecule has 0 amide bonds. The Morgan fingerprint density at radius 2 is 2.00 bits per heavy atom. The molecule has 33 heavy (non-hydrogen) atoms. The van der Waals surface area contributed by atoms with Gasteiger partial charge in [0.1, 0.15) is 17.5 Å². The third-order valence-electron chi connectivity index (χ3n) is 6.29. The zero-order chi connectivity index (χ0) is 23.8. The number of fused-ring (bicyclic) bond motifs is 2. The number of alkyl halides is 5. The maximum absolute atomic E-state index is 14.5. The monoisotopic (exact) mass is 490 g/mol. The molecule has 1 fully saturated rings. The normalized spacial score (nSPS) is 23.6. The second kappa shape index (κ2) is 7.23. The summed E-state index contributed by atoms with van der Waals surface area (Å²) in [5.41, 5.74) is 0.743. The van der Waals surface area contributed by atoms with Crippen LogP contribution < -0.4 is 14.8 Å². The summed E-state index contributed by atoms with van der Waals surface area (Å²) in [7, 11) is -3.74. The van der Waals surface area contributed by atoms with Gasteiger partial charge in [-0.2, -0.15) is 22.0 Å². The van der Waals surface area contributed by atoms with Crippen molar-refractivity contribution in [2.24, 2.45) is 5.14 Å². The molecule has 3 aliphatic rings. The molecule has 7 nitrogen and oxygen atoms in total. The fraction of sp³-hybridized carbons (Fsp3) is 0.500. The SMILES string of the molecule is NS(=O)(=O)C[C@H]1COc2cc(-c3nc(N4CC[C@@H]4C(F)(F)F)nc4c3CCC4(F)F)ccc21. The molecule has 3 heterocycles. The molecule has 0 spiro atoms. The van der Waals surface area contributed by atoms with Crippen molar-refractivity contribution in [2.75, 3.05) is 23.8 Å². The number of rotatable bonds is 4. The first-order chi connectivity index (χ1) is 15.3. The summed E-state index contributed by atoms with van der Waals surface area (Å²) in [5, 5.41) is 5.13. The van der Waals surface area contributed by atoms with Gasteiger partial charge in [0.15, 0.2) is 0 Å². The van der Waals surface area contributed by atoms with Gasteiger partial charge in [-0.15, -0.1) is 0 Å². The number of ether oxygens (including phenoxy) is 1. The highest BCUT2D eigenvalue weighted by molar-refractivity contribution is 7.89. The van der Waals surface area contributed by atoms with Crippen LogP contribution in [0, 0.1) is 0 Å². The summed E-state index contributed by atoms with van der Waals surface area (Å²) < 4.78 is 97.4. The number of hydrogen-bond donors (Lipinski definition) is 1. The number of aromatic nitrogens is 2. The zero-order valence-corrected chi connectivity index (χ0v) is 17.9. The van der Waals surface area contributed by atoms with Gasteiger partial charge in [-0.25, -0.2) is 23.5 Å². The van der Waals surface area contributed by atoms with Gasteiger partial charge in [0.25, 0.3) is 5.92 Å². The summed E-state index contributed by atoms with van der Waals surface area (Å²) in [4.78, 5) is 9.03. The minimum absolute atomic E-state index is 0.0104. The minimum Gasteiger partial charge on any atom is -0.493 e. The predicted molar refractivity (Wildman–Crippen MR) is 108 cm³/mol. The van der Waals surface area contributed by atoms with Crippen molar-refractivity contribution in [1.29, 1.82) is 0 Å². The lowest BCUT2D eigenvalue weighted by atomic mass is 9.98. The zero-order valence-electron chi connectivity index (χ0n) is 17.1. The molecule has 1 saturated heterocycles. The molecule has 1 aliphatic carbocycles. The van der Waals surface area contributed by atoms with Gasteiger partial charge in [-0.3, -0.25) is 0 Å². The fourth-order valence-corrected chi connectivity index (χ4v) is 5.43. The Morgan fingerprint density at radius 3 is 2.64 bits per heavy atom. The van der Waals surface area contributed by atoms with Crippen molar-refractivity contribution in [3.63, 3.8) is 0 Å². The Balaban J connectivity index is 1.57. The van der Waals surface area contributed by atoms with Crippen molar-refractivity contribution in [1.82, 2.24) is 9.97 Å². The van der Waals surface area contributed by atoms with E-state index in [2.05, 4.69) is 9.97 Å². The van der Waals surface area contributed by atoms with Crippen LogP contribution in [0.5, 0.6) is 5.75 Å². The van der Waals surface area contributed by atoms with Gasteiger partial charge in [-0.05, 0) is 18.9 Å². The van der Waals surface area contributed by atoms with Crippen LogP contribution in [0.1, 0.15) is 35.6 Å². The predicted octanol–water partition coefficient (Wildman–Crippen LogP) is 3.09. The molecule has 2 N–H and O–H groups in total. The van der Waals surface area contributed by atoms with Crippen molar-refractivity contribution in [3.05, 3.63) is 35.0 Å². The molecule has 0 radical (unpaired) electrons. The molecular formula is C20H19F5N4O3S. The molecule has 13 heteroatoms. The van der Waals surface area contributed by atoms with Crippen LogP contribution in [0.25, 0.3) is 11.3 Å². The fourth-order valence-electron chi connectivity index (χ4n) is 4.59. The van der Waals surface area contributed by atoms with E-state index in [1.54, 1.807) is 18.2 Å². The average Bonchev–Trinajstić information content (AvgIpc) is 3.18. The molecule has 0 bridgehead atoms. The molecule has 1 aromatic carbocycles. The number of halogens is 5. The van der Waals surface area contributed by atoms with E-state index in [-0.39, 0.29) is 49.0 Å². The van der Waals surface area contributed by atoms with Gasteiger partial charge in [0.05, 0.1) is 18.1 Å². The first-order valence-corrected chi connectivity index (χ1v) is 12.0. The van der Waals surface area contributed by atoms with E-state index in [4.69, 9.17) is 9.88 Å². The summed E-state index contributed by atoms with van der Waals surface area (Å²) in [6.07, 6.45) is -5.21. The molecule has 0 unspecified atom stereocenters. The Labute approximate surface area is 185 Å². The Kier molecular flexibility index (Phi) is 4.88. The minimum atomic E-state index is -4.52. The summed E-state index contributed by atoms with van der Waals surface area (Å²) in [6.45, 7) is 0.0952. The standard InChI is InChI=1S/C20H19F5N4O3S/c21-19(22)5-3-13-16(27-18(28-17(13)19)29-6-4-15(29)20(23,24)25)10-1-2-12-11(9-33(26,30)31)8-32-14(12)7-10/h1-2,7,11,15H,3-6,8-9H2,(H2,26,30,31)/t11-,15-/m1/s1. The second-order valence-electron chi connectivity index (χ2n) is 8.53. The molecule has 2 aromatic rings. The molecule has 2 aliphatic heterocycles. The smallest absolute Gasteiger partial charge is 0.408 e. The van der Waals surface area contributed by atoms with Crippen LogP contribution in [-0.4, -0.2) is 49.5 Å². The highest BCUT2D eigenvalue weighted by Gasteiger charge is 2.51. The molecule has 2 atom stereocenters. The topological polar surface area (TPSA) is 98.4 Å². The lowest BCUT2D eigenvalue weighted by Gasteiger charge is -2.42. The lowest BCUT2D eigenvalue weighted by Crippen LogP contribution is -2.56. The molecule has 178 valence electrons. The van der Waals surface area contributed by atoms with E-state index < -0.39 is 46.2 Å². The van der Waals surface area contributed by atoms with Gasteiger partial charge in [0.2, 0.25) is 16.0 Å². The number of hydrogen-bond acceptors (Lipinski definition) is 6. The van der Waals surface area contributed by atoms with E-state index in [0.717, 1.165) is 4.90 Å². The summed E-state index contributed by atoms with van der Waals surface area (Å²) >= 11 is 0. The maximum Gasteiger partial charge on any atom is 0.408 e. The van der Waals surface area contributed by atoms with Crippen LogP contribution >= 0.6 is 0 Å². The van der Waals surface area contributed by atoms with E-state index in [0.29, 0.717) is 16.9 Å². The van der Waals surface area contributed by atoms with Gasteiger partial charge >= 0.3 is 6.18 Å².